The maximum atomic E-state index is 5.45. The van der Waals surface area contributed by atoms with E-state index in [1.165, 1.54) is 36.3 Å². The lowest BCUT2D eigenvalue weighted by Gasteiger charge is -2.09. The molecular weight excluding hydrogens is 284 g/mol. The molecule has 2 aliphatic rings. The maximum absolute atomic E-state index is 5.45. The molecule has 0 spiro atoms. The minimum atomic E-state index is 0.310. The van der Waals surface area contributed by atoms with Gasteiger partial charge < -0.3 is 9.47 Å². The summed E-state index contributed by atoms with van der Waals surface area (Å²) in [6, 6.07) is 6.02. The van der Waals surface area contributed by atoms with Crippen molar-refractivity contribution in [2.24, 2.45) is 0 Å². The molecule has 106 valence electrons. The molecule has 0 amide bonds. The summed E-state index contributed by atoms with van der Waals surface area (Å²) >= 11 is 1.84. The predicted molar refractivity (Wildman–Crippen MR) is 81.3 cm³/mol. The number of hydrogen-bond donors (Lipinski definition) is 0. The molecule has 1 aromatic carbocycles. The number of aryl methyl sites for hydroxylation is 2. The molecule has 0 saturated heterocycles. The summed E-state index contributed by atoms with van der Waals surface area (Å²) in [4.78, 5) is 7.42. The molecule has 0 saturated carbocycles. The van der Waals surface area contributed by atoms with Crippen LogP contribution in [0.5, 0.6) is 11.5 Å². The normalized spacial score (nSPS) is 16.4. The summed E-state index contributed by atoms with van der Waals surface area (Å²) in [6.45, 7) is 0.310. The van der Waals surface area contributed by atoms with Crippen LogP contribution in [0, 0.1) is 0 Å². The fourth-order valence-corrected chi connectivity index (χ4v) is 4.35. The quantitative estimate of drug-likeness (QED) is 0.687. The number of imidazole rings is 1. The summed E-state index contributed by atoms with van der Waals surface area (Å²) in [5, 5.41) is 0. The molecule has 0 fully saturated rings. The number of rotatable bonds is 1. The van der Waals surface area contributed by atoms with Gasteiger partial charge in [0.1, 0.15) is 0 Å². The Kier molecular flexibility index (Phi) is 2.35. The van der Waals surface area contributed by atoms with Crippen LogP contribution in [0.2, 0.25) is 0 Å². The van der Waals surface area contributed by atoms with Gasteiger partial charge in [-0.2, -0.15) is 0 Å². The fourth-order valence-electron chi connectivity index (χ4n) is 3.16. The van der Waals surface area contributed by atoms with Crippen LogP contribution in [-0.4, -0.2) is 16.2 Å². The average molecular weight is 298 g/mol. The van der Waals surface area contributed by atoms with Crippen LogP contribution >= 0.6 is 11.3 Å². The summed E-state index contributed by atoms with van der Waals surface area (Å²) in [5.74, 6) is 1.63. The second kappa shape index (κ2) is 4.24. The van der Waals surface area contributed by atoms with Crippen LogP contribution in [0.1, 0.15) is 23.4 Å². The highest BCUT2D eigenvalue weighted by atomic mass is 32.1. The van der Waals surface area contributed by atoms with Crippen LogP contribution in [0.4, 0.5) is 0 Å². The minimum absolute atomic E-state index is 0.310. The molecule has 3 aromatic rings. The van der Waals surface area contributed by atoms with Gasteiger partial charge >= 0.3 is 0 Å². The van der Waals surface area contributed by atoms with Crippen molar-refractivity contribution in [3.8, 4) is 22.8 Å². The van der Waals surface area contributed by atoms with Gasteiger partial charge in [-0.3, -0.25) is 4.40 Å². The molecule has 5 heteroatoms. The minimum Gasteiger partial charge on any atom is -0.454 e. The van der Waals surface area contributed by atoms with Gasteiger partial charge in [0.2, 0.25) is 6.79 Å². The Labute approximate surface area is 126 Å². The number of hydrogen-bond acceptors (Lipinski definition) is 4. The number of thiazole rings is 1. The molecule has 1 aliphatic heterocycles. The molecule has 5 rings (SSSR count). The van der Waals surface area contributed by atoms with Crippen molar-refractivity contribution in [1.29, 1.82) is 0 Å². The number of ether oxygens (including phenoxy) is 2. The molecule has 0 N–H and O–H groups in total. The van der Waals surface area contributed by atoms with Crippen LogP contribution < -0.4 is 9.47 Å². The highest BCUT2D eigenvalue weighted by Crippen LogP contribution is 2.37. The maximum Gasteiger partial charge on any atom is 0.231 e. The third kappa shape index (κ3) is 1.70. The monoisotopic (exact) mass is 298 g/mol. The van der Waals surface area contributed by atoms with Crippen molar-refractivity contribution in [1.82, 2.24) is 9.38 Å². The van der Waals surface area contributed by atoms with E-state index in [4.69, 9.17) is 14.5 Å². The van der Waals surface area contributed by atoms with E-state index >= 15 is 0 Å². The summed E-state index contributed by atoms with van der Waals surface area (Å²) in [7, 11) is 0. The van der Waals surface area contributed by atoms with E-state index in [-0.39, 0.29) is 0 Å². The van der Waals surface area contributed by atoms with Gasteiger partial charge in [-0.25, -0.2) is 4.98 Å². The molecule has 1 aliphatic carbocycles. The van der Waals surface area contributed by atoms with Crippen LogP contribution in [-0.2, 0) is 12.8 Å². The second-order valence-corrected chi connectivity index (χ2v) is 6.59. The van der Waals surface area contributed by atoms with E-state index in [0.29, 0.717) is 6.79 Å². The molecule has 4 nitrogen and oxygen atoms in total. The topological polar surface area (TPSA) is 35.8 Å². The van der Waals surface area contributed by atoms with Gasteiger partial charge in [0.05, 0.1) is 5.69 Å². The van der Waals surface area contributed by atoms with E-state index in [9.17, 15) is 0 Å². The van der Waals surface area contributed by atoms with Crippen molar-refractivity contribution in [2.75, 3.05) is 6.79 Å². The first-order valence-corrected chi connectivity index (χ1v) is 8.10. The number of benzene rings is 1. The lowest BCUT2D eigenvalue weighted by atomic mass is 10.0. The lowest BCUT2D eigenvalue weighted by molar-refractivity contribution is 0.174. The molecule has 0 bridgehead atoms. The fraction of sp³-hybridized carbons (Fsp3) is 0.312. The molecular formula is C16H14N2O2S. The molecule has 2 aromatic heterocycles. The van der Waals surface area contributed by atoms with Gasteiger partial charge in [-0.05, 0) is 43.9 Å². The molecule has 21 heavy (non-hydrogen) atoms. The van der Waals surface area contributed by atoms with Gasteiger partial charge in [-0.15, -0.1) is 11.3 Å². The Bertz CT molecular complexity index is 849. The summed E-state index contributed by atoms with van der Waals surface area (Å²) < 4.78 is 13.1. The standard InChI is InChI=1S/C16H14N2O2S/c1-2-4-15-12(3-1)18-8-11(17-16(18)21-15)10-5-6-13-14(7-10)20-9-19-13/h5-8H,1-4,9H2. The van der Waals surface area contributed by atoms with E-state index in [1.807, 2.05) is 29.5 Å². The van der Waals surface area contributed by atoms with Crippen molar-refractivity contribution in [3.63, 3.8) is 0 Å². The Morgan fingerprint density at radius 2 is 2.00 bits per heavy atom. The van der Waals surface area contributed by atoms with Gasteiger partial charge in [0.25, 0.3) is 0 Å². The first kappa shape index (κ1) is 11.6. The highest BCUT2D eigenvalue weighted by molar-refractivity contribution is 7.17. The lowest BCUT2D eigenvalue weighted by Crippen LogP contribution is -2.01. The number of fused-ring (bicyclic) bond motifs is 4. The van der Waals surface area contributed by atoms with E-state index < -0.39 is 0 Å². The Balaban J connectivity index is 1.63. The van der Waals surface area contributed by atoms with E-state index in [0.717, 1.165) is 27.7 Å². The third-order valence-corrected chi connectivity index (χ3v) is 5.39. The largest absolute Gasteiger partial charge is 0.454 e. The van der Waals surface area contributed by atoms with Crippen molar-refractivity contribution in [2.45, 2.75) is 25.7 Å². The van der Waals surface area contributed by atoms with Gasteiger partial charge in [-0.1, -0.05) is 0 Å². The number of nitrogens with zero attached hydrogens (tertiary/aromatic N) is 2. The zero-order chi connectivity index (χ0) is 13.8. The van der Waals surface area contributed by atoms with Crippen molar-refractivity contribution < 1.29 is 9.47 Å². The van der Waals surface area contributed by atoms with Crippen molar-refractivity contribution in [3.05, 3.63) is 35.0 Å². The molecule has 3 heterocycles. The first-order chi connectivity index (χ1) is 10.4. The molecule has 0 atom stereocenters. The van der Waals surface area contributed by atoms with Gasteiger partial charge in [0, 0.05) is 22.3 Å². The Morgan fingerprint density at radius 1 is 1.10 bits per heavy atom. The van der Waals surface area contributed by atoms with E-state index in [2.05, 4.69) is 10.6 Å². The van der Waals surface area contributed by atoms with Crippen molar-refractivity contribution >= 4 is 16.3 Å². The van der Waals surface area contributed by atoms with Crippen LogP contribution in [0.15, 0.2) is 24.4 Å². The predicted octanol–water partition coefficient (Wildman–Crippen LogP) is 3.67. The third-order valence-electron chi connectivity index (χ3n) is 4.24. The Morgan fingerprint density at radius 3 is 3.00 bits per heavy atom. The van der Waals surface area contributed by atoms with E-state index in [1.54, 1.807) is 0 Å². The van der Waals surface area contributed by atoms with Crippen LogP contribution in [0.25, 0.3) is 16.2 Å². The second-order valence-electron chi connectivity index (χ2n) is 5.53. The number of aromatic nitrogens is 2. The zero-order valence-electron chi connectivity index (χ0n) is 11.5. The smallest absolute Gasteiger partial charge is 0.231 e. The average Bonchev–Trinajstić information content (AvgIpc) is 3.19. The van der Waals surface area contributed by atoms with Gasteiger partial charge in [0.15, 0.2) is 16.5 Å². The summed E-state index contributed by atoms with van der Waals surface area (Å²) in [5.41, 5.74) is 3.55. The Hall–Kier alpha value is -2.01. The molecule has 0 unspecified atom stereocenters. The SMILES string of the molecule is c1cc2c(cc1-c1cn3c4c(sc3n1)CCCC4)OCO2. The summed E-state index contributed by atoms with van der Waals surface area (Å²) in [6.07, 6.45) is 7.14. The highest BCUT2D eigenvalue weighted by Gasteiger charge is 2.19. The first-order valence-electron chi connectivity index (χ1n) is 7.28. The molecule has 0 radical (unpaired) electrons. The van der Waals surface area contributed by atoms with Crippen LogP contribution in [0.3, 0.4) is 0 Å². The zero-order valence-corrected chi connectivity index (χ0v) is 12.3.